The molecule has 0 unspecified atom stereocenters. The fourth-order valence-electron chi connectivity index (χ4n) is 2.15. The van der Waals surface area contributed by atoms with E-state index in [1.807, 2.05) is 24.4 Å². The Hall–Kier alpha value is -2.29. The molecule has 0 radical (unpaired) electrons. The standard InChI is InChI=1S/C15H14N2O/c1-18-13-4-5-15-14(8-13)12(10-17-15)7-11-3-2-6-16-9-11/h2-6,8-10,17H,7H2,1H3. The molecule has 0 saturated carbocycles. The maximum absolute atomic E-state index is 5.27. The van der Waals surface area contributed by atoms with Crippen LogP contribution in [-0.4, -0.2) is 17.1 Å². The zero-order valence-corrected chi connectivity index (χ0v) is 10.2. The minimum atomic E-state index is 0.876. The molecule has 2 aromatic heterocycles. The molecule has 0 spiro atoms. The van der Waals surface area contributed by atoms with Crippen molar-refractivity contribution in [3.63, 3.8) is 0 Å². The van der Waals surface area contributed by atoms with Crippen LogP contribution in [-0.2, 0) is 6.42 Å². The molecule has 3 nitrogen and oxygen atoms in total. The zero-order valence-electron chi connectivity index (χ0n) is 10.2. The van der Waals surface area contributed by atoms with Crippen LogP contribution in [0.4, 0.5) is 0 Å². The number of nitrogens with zero attached hydrogens (tertiary/aromatic N) is 1. The topological polar surface area (TPSA) is 37.9 Å². The fraction of sp³-hybridized carbons (Fsp3) is 0.133. The van der Waals surface area contributed by atoms with Crippen molar-refractivity contribution >= 4 is 10.9 Å². The molecule has 1 aromatic carbocycles. The molecule has 18 heavy (non-hydrogen) atoms. The summed E-state index contributed by atoms with van der Waals surface area (Å²) in [5.74, 6) is 0.884. The minimum Gasteiger partial charge on any atom is -0.497 e. The first-order valence-corrected chi connectivity index (χ1v) is 5.90. The van der Waals surface area contributed by atoms with E-state index in [1.165, 1.54) is 16.5 Å². The minimum absolute atomic E-state index is 0.876. The number of hydrogen-bond donors (Lipinski definition) is 1. The highest BCUT2D eigenvalue weighted by Crippen LogP contribution is 2.25. The lowest BCUT2D eigenvalue weighted by Crippen LogP contribution is -1.88. The van der Waals surface area contributed by atoms with Gasteiger partial charge in [0.15, 0.2) is 0 Å². The van der Waals surface area contributed by atoms with Gasteiger partial charge >= 0.3 is 0 Å². The zero-order chi connectivity index (χ0) is 12.4. The van der Waals surface area contributed by atoms with Crippen LogP contribution in [0.25, 0.3) is 10.9 Å². The SMILES string of the molecule is COc1ccc2[nH]cc(Cc3cccnc3)c2c1. The van der Waals surface area contributed by atoms with Gasteiger partial charge in [0, 0.05) is 35.9 Å². The molecule has 0 aliphatic carbocycles. The third-order valence-electron chi connectivity index (χ3n) is 3.09. The summed E-state index contributed by atoms with van der Waals surface area (Å²) >= 11 is 0. The van der Waals surface area contributed by atoms with Gasteiger partial charge in [-0.1, -0.05) is 6.07 Å². The van der Waals surface area contributed by atoms with Crippen molar-refractivity contribution in [3.8, 4) is 5.75 Å². The number of benzene rings is 1. The number of pyridine rings is 1. The van der Waals surface area contributed by atoms with Gasteiger partial charge in [-0.3, -0.25) is 4.98 Å². The summed E-state index contributed by atoms with van der Waals surface area (Å²) in [6, 6.07) is 10.1. The summed E-state index contributed by atoms with van der Waals surface area (Å²) < 4.78 is 5.27. The summed E-state index contributed by atoms with van der Waals surface area (Å²) in [7, 11) is 1.69. The third-order valence-corrected chi connectivity index (χ3v) is 3.09. The highest BCUT2D eigenvalue weighted by atomic mass is 16.5. The molecule has 90 valence electrons. The average molecular weight is 238 g/mol. The van der Waals surface area contributed by atoms with Gasteiger partial charge in [-0.15, -0.1) is 0 Å². The lowest BCUT2D eigenvalue weighted by molar-refractivity contribution is 0.415. The van der Waals surface area contributed by atoms with Crippen molar-refractivity contribution in [2.45, 2.75) is 6.42 Å². The number of rotatable bonds is 3. The number of methoxy groups -OCH3 is 1. The van der Waals surface area contributed by atoms with E-state index >= 15 is 0 Å². The van der Waals surface area contributed by atoms with Crippen LogP contribution in [0.1, 0.15) is 11.1 Å². The van der Waals surface area contributed by atoms with Crippen molar-refractivity contribution in [2.75, 3.05) is 7.11 Å². The van der Waals surface area contributed by atoms with E-state index in [0.717, 1.165) is 17.7 Å². The Balaban J connectivity index is 2.01. The van der Waals surface area contributed by atoms with E-state index in [0.29, 0.717) is 0 Å². The number of hydrogen-bond acceptors (Lipinski definition) is 2. The number of ether oxygens (including phenoxy) is 1. The van der Waals surface area contributed by atoms with E-state index in [-0.39, 0.29) is 0 Å². The molecule has 1 N–H and O–H groups in total. The number of aromatic amines is 1. The van der Waals surface area contributed by atoms with Crippen molar-refractivity contribution in [3.05, 3.63) is 60.0 Å². The van der Waals surface area contributed by atoms with Crippen LogP contribution < -0.4 is 4.74 Å². The molecule has 0 fully saturated rings. The van der Waals surface area contributed by atoms with Gasteiger partial charge < -0.3 is 9.72 Å². The monoisotopic (exact) mass is 238 g/mol. The highest BCUT2D eigenvalue weighted by Gasteiger charge is 2.05. The van der Waals surface area contributed by atoms with Crippen molar-refractivity contribution < 1.29 is 4.74 Å². The molecule has 0 amide bonds. The molecule has 0 bridgehead atoms. The van der Waals surface area contributed by atoms with Crippen molar-refractivity contribution in [2.24, 2.45) is 0 Å². The van der Waals surface area contributed by atoms with Crippen LogP contribution in [0.15, 0.2) is 48.9 Å². The smallest absolute Gasteiger partial charge is 0.119 e. The van der Waals surface area contributed by atoms with E-state index in [1.54, 1.807) is 13.3 Å². The second-order valence-corrected chi connectivity index (χ2v) is 4.26. The average Bonchev–Trinajstić information content (AvgIpc) is 2.82. The van der Waals surface area contributed by atoms with Crippen molar-refractivity contribution in [1.29, 1.82) is 0 Å². The molecular formula is C15H14N2O. The molecular weight excluding hydrogens is 224 g/mol. The van der Waals surface area contributed by atoms with Crippen LogP contribution >= 0.6 is 0 Å². The van der Waals surface area contributed by atoms with E-state index in [9.17, 15) is 0 Å². The molecule has 3 rings (SSSR count). The molecule has 0 aliphatic rings. The van der Waals surface area contributed by atoms with E-state index in [2.05, 4.69) is 28.3 Å². The van der Waals surface area contributed by atoms with E-state index in [4.69, 9.17) is 4.74 Å². The summed E-state index contributed by atoms with van der Waals surface area (Å²) in [6.45, 7) is 0. The van der Waals surface area contributed by atoms with Gasteiger partial charge in [0.1, 0.15) is 5.75 Å². The first-order valence-electron chi connectivity index (χ1n) is 5.90. The Labute approximate surface area is 105 Å². The Morgan fingerprint density at radius 2 is 2.22 bits per heavy atom. The Morgan fingerprint density at radius 1 is 1.28 bits per heavy atom. The molecule has 3 aromatic rings. The maximum atomic E-state index is 5.27. The summed E-state index contributed by atoms with van der Waals surface area (Å²) in [6.07, 6.45) is 6.62. The molecule has 0 saturated heterocycles. The number of nitrogens with one attached hydrogen (secondary N) is 1. The van der Waals surface area contributed by atoms with Crippen molar-refractivity contribution in [1.82, 2.24) is 9.97 Å². The summed E-state index contributed by atoms with van der Waals surface area (Å²) in [4.78, 5) is 7.43. The van der Waals surface area contributed by atoms with Gasteiger partial charge in [0.25, 0.3) is 0 Å². The number of fused-ring (bicyclic) bond motifs is 1. The van der Waals surface area contributed by atoms with Gasteiger partial charge in [0.2, 0.25) is 0 Å². The first-order chi connectivity index (χ1) is 8.86. The summed E-state index contributed by atoms with van der Waals surface area (Å²) in [5.41, 5.74) is 3.60. The number of aromatic nitrogens is 2. The predicted octanol–water partition coefficient (Wildman–Crippen LogP) is 3.16. The molecule has 0 aliphatic heterocycles. The second kappa shape index (κ2) is 4.53. The quantitative estimate of drug-likeness (QED) is 0.761. The molecule has 0 atom stereocenters. The molecule has 3 heteroatoms. The van der Waals surface area contributed by atoms with E-state index < -0.39 is 0 Å². The highest BCUT2D eigenvalue weighted by molar-refractivity contribution is 5.84. The second-order valence-electron chi connectivity index (χ2n) is 4.26. The normalized spacial score (nSPS) is 10.7. The molecule has 2 heterocycles. The first kappa shape index (κ1) is 10.8. The lowest BCUT2D eigenvalue weighted by Gasteiger charge is -2.02. The Kier molecular flexibility index (Phi) is 2.73. The van der Waals surface area contributed by atoms with Crippen LogP contribution in [0.5, 0.6) is 5.75 Å². The largest absolute Gasteiger partial charge is 0.497 e. The summed E-state index contributed by atoms with van der Waals surface area (Å²) in [5, 5.41) is 1.21. The van der Waals surface area contributed by atoms with Gasteiger partial charge in [-0.25, -0.2) is 0 Å². The number of H-pyrrole nitrogens is 1. The Bertz CT molecular complexity index is 659. The Morgan fingerprint density at radius 3 is 3.00 bits per heavy atom. The lowest BCUT2D eigenvalue weighted by atomic mass is 10.1. The predicted molar refractivity (Wildman–Crippen MR) is 71.9 cm³/mol. The fourth-order valence-corrected chi connectivity index (χ4v) is 2.15. The van der Waals surface area contributed by atoms with Gasteiger partial charge in [0.05, 0.1) is 7.11 Å². The van der Waals surface area contributed by atoms with Crippen LogP contribution in [0.2, 0.25) is 0 Å². The van der Waals surface area contributed by atoms with Gasteiger partial charge in [-0.2, -0.15) is 0 Å². The maximum Gasteiger partial charge on any atom is 0.119 e. The van der Waals surface area contributed by atoms with Crippen LogP contribution in [0, 0.1) is 0 Å². The van der Waals surface area contributed by atoms with Crippen LogP contribution in [0.3, 0.4) is 0 Å². The third kappa shape index (κ3) is 1.95. The van der Waals surface area contributed by atoms with Gasteiger partial charge in [-0.05, 0) is 35.4 Å².